The topological polar surface area (TPSA) is 95.5 Å². The Morgan fingerprint density at radius 3 is 2.79 bits per heavy atom. The Hall–Kier alpha value is -2.41. The van der Waals surface area contributed by atoms with E-state index in [1.165, 1.54) is 11.1 Å². The Morgan fingerprint density at radius 1 is 1.46 bits per heavy atom. The van der Waals surface area contributed by atoms with Crippen LogP contribution in [0.1, 0.15) is 42.1 Å². The number of hydrogen-bond acceptors (Lipinski definition) is 5. The van der Waals surface area contributed by atoms with Gasteiger partial charge in [0.05, 0.1) is 18.8 Å². The lowest BCUT2D eigenvalue weighted by molar-refractivity contribution is -0.125. The molecular weight excluding hydrogens is 310 g/mol. The Labute approximate surface area is 139 Å². The molecule has 24 heavy (non-hydrogen) atoms. The maximum Gasteiger partial charge on any atom is 0.295 e. The third-order valence-electron chi connectivity index (χ3n) is 4.36. The summed E-state index contributed by atoms with van der Waals surface area (Å²) in [7, 11) is 1.55. The average molecular weight is 331 g/mol. The highest BCUT2D eigenvalue weighted by Crippen LogP contribution is 2.30. The summed E-state index contributed by atoms with van der Waals surface area (Å²) in [5, 5.41) is 10.2. The molecule has 0 aliphatic carbocycles. The van der Waals surface area contributed by atoms with E-state index >= 15 is 0 Å². The molecule has 2 aromatic heterocycles. The van der Waals surface area contributed by atoms with Crippen molar-refractivity contribution >= 4 is 22.7 Å². The molecule has 0 saturated carbocycles. The van der Waals surface area contributed by atoms with Gasteiger partial charge < -0.3 is 19.7 Å². The summed E-state index contributed by atoms with van der Waals surface area (Å²) in [6, 6.07) is 1.85. The van der Waals surface area contributed by atoms with E-state index in [0.717, 1.165) is 5.56 Å². The van der Waals surface area contributed by atoms with Crippen molar-refractivity contribution in [1.29, 1.82) is 0 Å². The van der Waals surface area contributed by atoms with E-state index in [9.17, 15) is 14.7 Å². The van der Waals surface area contributed by atoms with Gasteiger partial charge in [-0.15, -0.1) is 0 Å². The van der Waals surface area contributed by atoms with E-state index in [-0.39, 0.29) is 12.5 Å². The number of pyridine rings is 1. The zero-order valence-electron chi connectivity index (χ0n) is 14.0. The minimum Gasteiger partial charge on any atom is -0.481 e. The van der Waals surface area contributed by atoms with Gasteiger partial charge in [0.15, 0.2) is 0 Å². The van der Waals surface area contributed by atoms with Crippen molar-refractivity contribution in [1.82, 2.24) is 14.9 Å². The SMILES string of the molecule is COc1nc2[nH]cc(C(=O)C(=O)N3CCC(O)C3)c2cc1C(C)C. The highest BCUT2D eigenvalue weighted by Gasteiger charge is 2.31. The summed E-state index contributed by atoms with van der Waals surface area (Å²) in [5.41, 5.74) is 1.69. The molecule has 0 spiro atoms. The van der Waals surface area contributed by atoms with E-state index in [0.29, 0.717) is 35.4 Å². The molecule has 2 aromatic rings. The van der Waals surface area contributed by atoms with Gasteiger partial charge in [0, 0.05) is 30.2 Å². The molecule has 7 heteroatoms. The maximum atomic E-state index is 12.6. The van der Waals surface area contributed by atoms with Crippen molar-refractivity contribution in [3.05, 3.63) is 23.4 Å². The molecule has 3 heterocycles. The van der Waals surface area contributed by atoms with Crippen LogP contribution >= 0.6 is 0 Å². The Bertz CT molecular complexity index is 796. The number of carbonyl (C=O) groups excluding carboxylic acids is 2. The smallest absolute Gasteiger partial charge is 0.295 e. The number of nitrogens with one attached hydrogen (secondary N) is 1. The van der Waals surface area contributed by atoms with E-state index in [1.807, 2.05) is 19.9 Å². The van der Waals surface area contributed by atoms with Crippen LogP contribution < -0.4 is 4.74 Å². The molecule has 1 saturated heterocycles. The number of H-pyrrole nitrogens is 1. The Kier molecular flexibility index (Phi) is 4.28. The number of carbonyl (C=O) groups is 2. The molecule has 1 aliphatic rings. The number of aromatic nitrogens is 2. The molecule has 1 amide bonds. The van der Waals surface area contributed by atoms with Gasteiger partial charge in [0.1, 0.15) is 5.65 Å². The zero-order valence-corrected chi connectivity index (χ0v) is 14.0. The fraction of sp³-hybridized carbons (Fsp3) is 0.471. The maximum absolute atomic E-state index is 12.6. The summed E-state index contributed by atoms with van der Waals surface area (Å²) < 4.78 is 5.31. The van der Waals surface area contributed by atoms with Crippen molar-refractivity contribution in [3.63, 3.8) is 0 Å². The molecular formula is C17H21N3O4. The molecule has 1 fully saturated rings. The van der Waals surface area contributed by atoms with Crippen LogP contribution in [0.25, 0.3) is 11.0 Å². The second-order valence-electron chi connectivity index (χ2n) is 6.36. The lowest BCUT2D eigenvalue weighted by Crippen LogP contribution is -2.35. The Balaban J connectivity index is 1.99. The third kappa shape index (κ3) is 2.75. The fourth-order valence-electron chi connectivity index (χ4n) is 3.00. The third-order valence-corrected chi connectivity index (χ3v) is 4.36. The quantitative estimate of drug-likeness (QED) is 0.653. The van der Waals surface area contributed by atoms with Gasteiger partial charge in [-0.05, 0) is 18.4 Å². The molecule has 1 aliphatic heterocycles. The molecule has 0 bridgehead atoms. The molecule has 1 atom stereocenters. The van der Waals surface area contributed by atoms with Crippen LogP contribution in [0.3, 0.4) is 0 Å². The predicted octanol–water partition coefficient (Wildman–Crippen LogP) is 1.47. The van der Waals surface area contributed by atoms with Crippen LogP contribution in [-0.4, -0.2) is 58.0 Å². The van der Waals surface area contributed by atoms with Gasteiger partial charge in [-0.25, -0.2) is 0 Å². The van der Waals surface area contributed by atoms with Gasteiger partial charge in [0.2, 0.25) is 5.88 Å². The molecule has 1 unspecified atom stereocenters. The van der Waals surface area contributed by atoms with Gasteiger partial charge >= 0.3 is 0 Å². The molecule has 128 valence electrons. The molecule has 7 nitrogen and oxygen atoms in total. The summed E-state index contributed by atoms with van der Waals surface area (Å²) in [5.74, 6) is -0.502. The predicted molar refractivity (Wildman–Crippen MR) is 88.3 cm³/mol. The van der Waals surface area contributed by atoms with Gasteiger partial charge in [-0.3, -0.25) is 9.59 Å². The number of nitrogens with zero attached hydrogens (tertiary/aromatic N) is 2. The van der Waals surface area contributed by atoms with E-state index in [2.05, 4.69) is 9.97 Å². The van der Waals surface area contributed by atoms with E-state index in [4.69, 9.17) is 4.74 Å². The van der Waals surface area contributed by atoms with E-state index < -0.39 is 17.8 Å². The second kappa shape index (κ2) is 6.24. The monoisotopic (exact) mass is 331 g/mol. The number of ketones is 1. The number of rotatable bonds is 4. The number of aromatic amines is 1. The molecule has 2 N–H and O–H groups in total. The standard InChI is InChI=1S/C17H21N3O4/c1-9(2)11-6-12-13(7-18-15(12)19-16(11)24-3)14(22)17(23)20-5-4-10(21)8-20/h6-7,9-10,21H,4-5,8H2,1-3H3,(H,18,19). The van der Waals surface area contributed by atoms with Crippen molar-refractivity contribution in [2.75, 3.05) is 20.2 Å². The normalized spacial score (nSPS) is 17.7. The number of hydrogen-bond donors (Lipinski definition) is 2. The first-order chi connectivity index (χ1) is 11.4. The highest BCUT2D eigenvalue weighted by molar-refractivity contribution is 6.44. The first-order valence-electron chi connectivity index (χ1n) is 8.00. The largest absolute Gasteiger partial charge is 0.481 e. The summed E-state index contributed by atoms with van der Waals surface area (Å²) in [6.07, 6.45) is 1.46. The molecule has 0 radical (unpaired) electrons. The summed E-state index contributed by atoms with van der Waals surface area (Å²) in [4.78, 5) is 33.7. The number of aliphatic hydroxyl groups excluding tert-OH is 1. The lowest BCUT2D eigenvalue weighted by Gasteiger charge is -2.14. The number of methoxy groups -OCH3 is 1. The van der Waals surface area contributed by atoms with Gasteiger partial charge in [-0.2, -0.15) is 4.98 Å². The second-order valence-corrected chi connectivity index (χ2v) is 6.36. The Morgan fingerprint density at radius 2 is 2.21 bits per heavy atom. The number of β-amino-alcohol motifs (C(OH)–C–C–N with tert-alkyl or cyclic N) is 1. The summed E-state index contributed by atoms with van der Waals surface area (Å²) in [6.45, 7) is 4.63. The van der Waals surface area contributed by atoms with Crippen molar-refractivity contribution < 1.29 is 19.4 Å². The number of likely N-dealkylation sites (tertiary alicyclic amines) is 1. The molecule has 3 rings (SSSR count). The first kappa shape index (κ1) is 16.4. The lowest BCUT2D eigenvalue weighted by atomic mass is 10.0. The van der Waals surface area contributed by atoms with Gasteiger partial charge in [0.25, 0.3) is 11.7 Å². The van der Waals surface area contributed by atoms with Crippen molar-refractivity contribution in [2.45, 2.75) is 32.3 Å². The van der Waals surface area contributed by atoms with Crippen molar-refractivity contribution in [3.8, 4) is 5.88 Å². The van der Waals surface area contributed by atoms with Crippen LogP contribution in [0.15, 0.2) is 12.3 Å². The number of aliphatic hydroxyl groups is 1. The van der Waals surface area contributed by atoms with E-state index in [1.54, 1.807) is 7.11 Å². The van der Waals surface area contributed by atoms with Crippen LogP contribution in [0.4, 0.5) is 0 Å². The highest BCUT2D eigenvalue weighted by atomic mass is 16.5. The minimum absolute atomic E-state index is 0.166. The number of amides is 1. The van der Waals surface area contributed by atoms with Gasteiger partial charge in [-0.1, -0.05) is 13.8 Å². The fourth-order valence-corrected chi connectivity index (χ4v) is 3.00. The van der Waals surface area contributed by atoms with Crippen molar-refractivity contribution in [2.24, 2.45) is 0 Å². The van der Waals surface area contributed by atoms with Crippen LogP contribution in [0.5, 0.6) is 5.88 Å². The number of ether oxygens (including phenoxy) is 1. The zero-order chi connectivity index (χ0) is 17.4. The van der Waals surface area contributed by atoms with Crippen LogP contribution in [-0.2, 0) is 4.79 Å². The summed E-state index contributed by atoms with van der Waals surface area (Å²) >= 11 is 0. The molecule has 0 aromatic carbocycles. The van der Waals surface area contributed by atoms with Crippen LogP contribution in [0.2, 0.25) is 0 Å². The van der Waals surface area contributed by atoms with Crippen LogP contribution in [0, 0.1) is 0 Å². The number of fused-ring (bicyclic) bond motifs is 1. The minimum atomic E-state index is -0.589. The number of Topliss-reactive ketones (excluding diaryl/α,β-unsaturated/α-hetero) is 1. The first-order valence-corrected chi connectivity index (χ1v) is 8.00. The average Bonchev–Trinajstić information content (AvgIpc) is 3.17.